The average Bonchev–Trinajstić information content (AvgIpc) is 2.74. The van der Waals surface area contributed by atoms with Crippen LogP contribution in [0.3, 0.4) is 0 Å². The molecule has 1 unspecified atom stereocenters. The molecule has 0 aliphatic rings. The van der Waals surface area contributed by atoms with Gasteiger partial charge in [-0.3, -0.25) is 4.79 Å². The Bertz CT molecular complexity index is 848. The maximum atomic E-state index is 13.2. The van der Waals surface area contributed by atoms with Gasteiger partial charge < -0.3 is 9.64 Å². The van der Waals surface area contributed by atoms with Crippen LogP contribution in [0.4, 0.5) is 0 Å². The molecule has 0 radical (unpaired) electrons. The van der Waals surface area contributed by atoms with Gasteiger partial charge in [0.15, 0.2) is 6.10 Å². The van der Waals surface area contributed by atoms with E-state index >= 15 is 0 Å². The summed E-state index contributed by atoms with van der Waals surface area (Å²) >= 11 is 0. The van der Waals surface area contributed by atoms with Crippen molar-refractivity contribution in [3.05, 3.63) is 102 Å². The summed E-state index contributed by atoms with van der Waals surface area (Å²) in [5.41, 5.74) is 3.46. The Kier molecular flexibility index (Phi) is 7.07. The van der Waals surface area contributed by atoms with E-state index in [2.05, 4.69) is 26.0 Å². The zero-order chi connectivity index (χ0) is 20.6. The van der Waals surface area contributed by atoms with Crippen LogP contribution in [0.2, 0.25) is 0 Å². The van der Waals surface area contributed by atoms with Gasteiger partial charge in [-0.05, 0) is 41.7 Å². The Hall–Kier alpha value is -3.07. The lowest BCUT2D eigenvalue weighted by molar-refractivity contribution is -0.139. The molecule has 0 saturated heterocycles. The van der Waals surface area contributed by atoms with Crippen molar-refractivity contribution < 1.29 is 9.53 Å². The van der Waals surface area contributed by atoms with Gasteiger partial charge in [0.25, 0.3) is 5.91 Å². The second-order valence-electron chi connectivity index (χ2n) is 7.65. The third kappa shape index (κ3) is 5.95. The van der Waals surface area contributed by atoms with E-state index in [1.807, 2.05) is 84.6 Å². The van der Waals surface area contributed by atoms with Gasteiger partial charge in [-0.2, -0.15) is 0 Å². The van der Waals surface area contributed by atoms with E-state index in [1.165, 1.54) is 5.56 Å². The van der Waals surface area contributed by atoms with Crippen LogP contribution in [0.1, 0.15) is 43.4 Å². The van der Waals surface area contributed by atoms with E-state index < -0.39 is 6.10 Å². The Balaban J connectivity index is 1.73. The number of hydrogen-bond donors (Lipinski definition) is 0. The predicted molar refractivity (Wildman–Crippen MR) is 118 cm³/mol. The molecule has 1 amide bonds. The number of benzene rings is 3. The summed E-state index contributed by atoms with van der Waals surface area (Å²) in [5.74, 6) is 1.16. The van der Waals surface area contributed by atoms with Crippen LogP contribution < -0.4 is 4.74 Å². The maximum absolute atomic E-state index is 13.2. The second kappa shape index (κ2) is 9.92. The molecule has 0 saturated carbocycles. The standard InChI is InChI=1S/C26H29NO2/c1-20(2)24-14-16-25(17-15-24)29-21(3)26(28)27(18-22-10-6-4-7-11-22)19-23-12-8-5-9-13-23/h4-17,20-21H,18-19H2,1-3H3. The molecule has 1 atom stereocenters. The Morgan fingerprint density at radius 1 is 0.759 bits per heavy atom. The van der Waals surface area contributed by atoms with Gasteiger partial charge in [-0.25, -0.2) is 0 Å². The molecule has 0 bridgehead atoms. The number of hydrogen-bond acceptors (Lipinski definition) is 2. The quantitative estimate of drug-likeness (QED) is 0.488. The molecule has 150 valence electrons. The first-order valence-corrected chi connectivity index (χ1v) is 10.2. The number of amides is 1. The summed E-state index contributed by atoms with van der Waals surface area (Å²) in [6, 6.07) is 28.1. The SMILES string of the molecule is CC(Oc1ccc(C(C)C)cc1)C(=O)N(Cc1ccccc1)Cc1ccccc1. The van der Waals surface area contributed by atoms with Crippen molar-refractivity contribution in [2.45, 2.75) is 45.9 Å². The van der Waals surface area contributed by atoms with Crippen LogP contribution in [0.5, 0.6) is 5.75 Å². The highest BCUT2D eigenvalue weighted by atomic mass is 16.5. The van der Waals surface area contributed by atoms with Crippen LogP contribution in [-0.4, -0.2) is 16.9 Å². The molecule has 0 aliphatic heterocycles. The third-order valence-electron chi connectivity index (χ3n) is 4.95. The van der Waals surface area contributed by atoms with Crippen molar-refractivity contribution in [3.63, 3.8) is 0 Å². The fraction of sp³-hybridized carbons (Fsp3) is 0.269. The topological polar surface area (TPSA) is 29.5 Å². The van der Waals surface area contributed by atoms with E-state index in [-0.39, 0.29) is 5.91 Å². The monoisotopic (exact) mass is 387 g/mol. The highest BCUT2D eigenvalue weighted by molar-refractivity contribution is 5.81. The van der Waals surface area contributed by atoms with Crippen molar-refractivity contribution in [2.75, 3.05) is 0 Å². The zero-order valence-electron chi connectivity index (χ0n) is 17.4. The molecule has 29 heavy (non-hydrogen) atoms. The van der Waals surface area contributed by atoms with E-state index in [1.54, 1.807) is 0 Å². The largest absolute Gasteiger partial charge is 0.481 e. The minimum atomic E-state index is -0.563. The molecular formula is C26H29NO2. The van der Waals surface area contributed by atoms with Crippen LogP contribution in [0, 0.1) is 0 Å². The van der Waals surface area contributed by atoms with Gasteiger partial charge in [-0.1, -0.05) is 86.6 Å². The highest BCUT2D eigenvalue weighted by Crippen LogP contribution is 2.20. The Morgan fingerprint density at radius 3 is 1.69 bits per heavy atom. The predicted octanol–water partition coefficient (Wildman–Crippen LogP) is 5.81. The molecule has 0 spiro atoms. The first kappa shape index (κ1) is 20.7. The van der Waals surface area contributed by atoms with Crippen LogP contribution in [-0.2, 0) is 17.9 Å². The van der Waals surface area contributed by atoms with Crippen LogP contribution >= 0.6 is 0 Å². The molecule has 0 fully saturated rings. The highest BCUT2D eigenvalue weighted by Gasteiger charge is 2.22. The summed E-state index contributed by atoms with van der Waals surface area (Å²) < 4.78 is 5.98. The average molecular weight is 388 g/mol. The molecule has 3 aromatic carbocycles. The summed E-state index contributed by atoms with van der Waals surface area (Å²) in [7, 11) is 0. The lowest BCUT2D eigenvalue weighted by Crippen LogP contribution is -2.39. The summed E-state index contributed by atoms with van der Waals surface area (Å²) in [6.45, 7) is 7.24. The molecule has 3 nitrogen and oxygen atoms in total. The van der Waals surface area contributed by atoms with Gasteiger partial charge in [-0.15, -0.1) is 0 Å². The van der Waals surface area contributed by atoms with Crippen LogP contribution in [0.25, 0.3) is 0 Å². The fourth-order valence-electron chi connectivity index (χ4n) is 3.26. The molecule has 0 heterocycles. The maximum Gasteiger partial charge on any atom is 0.263 e. The molecule has 0 aliphatic carbocycles. The van der Waals surface area contributed by atoms with Crippen molar-refractivity contribution >= 4 is 5.91 Å². The van der Waals surface area contributed by atoms with Crippen LogP contribution in [0.15, 0.2) is 84.9 Å². The zero-order valence-corrected chi connectivity index (χ0v) is 17.4. The van der Waals surface area contributed by atoms with Gasteiger partial charge in [0.05, 0.1) is 0 Å². The number of ether oxygens (including phenoxy) is 1. The summed E-state index contributed by atoms with van der Waals surface area (Å²) in [4.78, 5) is 15.1. The number of nitrogens with zero attached hydrogens (tertiary/aromatic N) is 1. The van der Waals surface area contributed by atoms with E-state index in [0.717, 1.165) is 16.9 Å². The summed E-state index contributed by atoms with van der Waals surface area (Å²) in [5, 5.41) is 0. The first-order valence-electron chi connectivity index (χ1n) is 10.2. The third-order valence-corrected chi connectivity index (χ3v) is 4.95. The molecule has 3 rings (SSSR count). The molecule has 0 aromatic heterocycles. The Labute approximate surface area is 174 Å². The van der Waals surface area contributed by atoms with Gasteiger partial charge in [0.2, 0.25) is 0 Å². The molecule has 3 heteroatoms. The number of carbonyl (C=O) groups excluding carboxylic acids is 1. The fourth-order valence-corrected chi connectivity index (χ4v) is 3.26. The number of carbonyl (C=O) groups is 1. The lowest BCUT2D eigenvalue weighted by atomic mass is 10.0. The molecule has 3 aromatic rings. The van der Waals surface area contributed by atoms with E-state index in [9.17, 15) is 4.79 Å². The molecular weight excluding hydrogens is 358 g/mol. The smallest absolute Gasteiger partial charge is 0.263 e. The van der Waals surface area contributed by atoms with Gasteiger partial charge >= 0.3 is 0 Å². The normalized spacial score (nSPS) is 11.9. The van der Waals surface area contributed by atoms with Crippen molar-refractivity contribution in [2.24, 2.45) is 0 Å². The Morgan fingerprint density at radius 2 is 1.24 bits per heavy atom. The van der Waals surface area contributed by atoms with Crippen molar-refractivity contribution in [1.29, 1.82) is 0 Å². The van der Waals surface area contributed by atoms with Gasteiger partial charge in [0, 0.05) is 13.1 Å². The minimum absolute atomic E-state index is 0.0226. The molecule has 0 N–H and O–H groups in total. The van der Waals surface area contributed by atoms with E-state index in [4.69, 9.17) is 4.74 Å². The second-order valence-corrected chi connectivity index (χ2v) is 7.65. The van der Waals surface area contributed by atoms with E-state index in [0.29, 0.717) is 19.0 Å². The van der Waals surface area contributed by atoms with Crippen molar-refractivity contribution in [3.8, 4) is 5.75 Å². The van der Waals surface area contributed by atoms with Gasteiger partial charge in [0.1, 0.15) is 5.75 Å². The first-order chi connectivity index (χ1) is 14.0. The lowest BCUT2D eigenvalue weighted by Gasteiger charge is -2.26. The van der Waals surface area contributed by atoms with Crippen molar-refractivity contribution in [1.82, 2.24) is 4.90 Å². The summed E-state index contributed by atoms with van der Waals surface area (Å²) in [6.07, 6.45) is -0.563. The number of rotatable bonds is 8. The minimum Gasteiger partial charge on any atom is -0.481 e.